The first-order valence-electron chi connectivity index (χ1n) is 14.3. The second-order valence-corrected chi connectivity index (χ2v) is 11.0. The zero-order chi connectivity index (χ0) is 29.3. The molecule has 0 bridgehead atoms. The molecule has 40 heavy (non-hydrogen) atoms. The molecule has 1 aromatic carbocycles. The Kier molecular flexibility index (Phi) is 11.3. The number of hydrogen-bond acceptors (Lipinski definition) is 7. The molecule has 1 atom stereocenters. The molecule has 7 nitrogen and oxygen atoms in total. The van der Waals surface area contributed by atoms with Crippen molar-refractivity contribution in [2.75, 3.05) is 19.8 Å². The van der Waals surface area contributed by atoms with Crippen LogP contribution in [0.5, 0.6) is 5.75 Å². The lowest BCUT2D eigenvalue weighted by molar-refractivity contribution is 0.0519. The minimum absolute atomic E-state index is 0.0891. The van der Waals surface area contributed by atoms with E-state index in [0.29, 0.717) is 11.2 Å². The third-order valence-corrected chi connectivity index (χ3v) is 7.60. The lowest BCUT2D eigenvalue weighted by Crippen LogP contribution is -2.36. The number of carbonyl (C=O) groups excluding carboxylic acids is 1. The standard InChI is InChI=1S/C33H44O7/c1-6-38-31(36)28-19-27-26-15-17-33(5,40-30(26)24(4)18-29(27)39-32(28)37)16-9-13-23(3)11-7-10-22(2)12-8-14-25(20-34)21-35/h10,13-14,18-19,34-35H,6-9,11-12,15-17,20-21H2,1-5H3/b22-10+,23-13+/t33-/m1/s1. The van der Waals surface area contributed by atoms with Gasteiger partial charge in [-0.2, -0.15) is 0 Å². The van der Waals surface area contributed by atoms with Crippen molar-refractivity contribution >= 4 is 16.9 Å². The van der Waals surface area contributed by atoms with Crippen LogP contribution in [-0.2, 0) is 11.2 Å². The Morgan fingerprint density at radius 2 is 1.70 bits per heavy atom. The number of benzene rings is 1. The molecule has 1 aliphatic heterocycles. The van der Waals surface area contributed by atoms with Crippen molar-refractivity contribution in [1.29, 1.82) is 0 Å². The van der Waals surface area contributed by atoms with Gasteiger partial charge in [0.1, 0.15) is 22.5 Å². The van der Waals surface area contributed by atoms with Crippen LogP contribution in [0.25, 0.3) is 11.0 Å². The van der Waals surface area contributed by atoms with Gasteiger partial charge in [0.05, 0.1) is 19.8 Å². The number of aryl methyl sites for hydroxylation is 2. The van der Waals surface area contributed by atoms with Crippen molar-refractivity contribution in [3.63, 3.8) is 0 Å². The van der Waals surface area contributed by atoms with Crippen LogP contribution in [0, 0.1) is 6.92 Å². The van der Waals surface area contributed by atoms with Crippen molar-refractivity contribution in [1.82, 2.24) is 0 Å². The SMILES string of the molecule is CCOC(=O)c1cc2c3c(c(C)cc2oc1=O)O[C@](C)(CC/C=C(\C)CC/C=C(\C)CCC=C(CO)CO)CC3. The first-order valence-corrected chi connectivity index (χ1v) is 14.3. The zero-order valence-electron chi connectivity index (χ0n) is 24.6. The molecule has 0 amide bonds. The number of aliphatic hydroxyl groups is 2. The van der Waals surface area contributed by atoms with E-state index in [2.05, 4.69) is 32.9 Å². The summed E-state index contributed by atoms with van der Waals surface area (Å²) in [6, 6.07) is 3.40. The zero-order valence-corrected chi connectivity index (χ0v) is 24.6. The lowest BCUT2D eigenvalue weighted by atomic mass is 9.86. The summed E-state index contributed by atoms with van der Waals surface area (Å²) in [5.74, 6) is 0.139. The molecule has 0 spiro atoms. The molecule has 0 aliphatic carbocycles. The maximum Gasteiger partial charge on any atom is 0.351 e. The molecule has 0 unspecified atom stereocenters. The summed E-state index contributed by atoms with van der Waals surface area (Å²) in [7, 11) is 0. The molecule has 0 fully saturated rings. The van der Waals surface area contributed by atoms with Crippen molar-refractivity contribution in [3.05, 3.63) is 74.2 Å². The molecular weight excluding hydrogens is 508 g/mol. The van der Waals surface area contributed by atoms with Gasteiger partial charge in [-0.15, -0.1) is 0 Å². The van der Waals surface area contributed by atoms with Crippen LogP contribution in [0.15, 0.2) is 56.3 Å². The van der Waals surface area contributed by atoms with Gasteiger partial charge in [-0.05, 0) is 109 Å². The summed E-state index contributed by atoms with van der Waals surface area (Å²) in [4.78, 5) is 24.6. The fourth-order valence-corrected chi connectivity index (χ4v) is 5.11. The number of esters is 1. The van der Waals surface area contributed by atoms with Gasteiger partial charge in [0.25, 0.3) is 0 Å². The van der Waals surface area contributed by atoms with Gasteiger partial charge in [0, 0.05) is 10.9 Å². The molecule has 0 saturated heterocycles. The van der Waals surface area contributed by atoms with E-state index < -0.39 is 11.6 Å². The molecule has 1 aliphatic rings. The Balaban J connectivity index is 1.61. The van der Waals surface area contributed by atoms with E-state index in [9.17, 15) is 9.59 Å². The molecule has 0 saturated carbocycles. The van der Waals surface area contributed by atoms with E-state index in [1.807, 2.05) is 19.1 Å². The molecular formula is C33H44O7. The molecule has 2 N–H and O–H groups in total. The second-order valence-electron chi connectivity index (χ2n) is 11.0. The van der Waals surface area contributed by atoms with Gasteiger partial charge < -0.3 is 24.1 Å². The second kappa shape index (κ2) is 14.5. The van der Waals surface area contributed by atoms with Crippen LogP contribution >= 0.6 is 0 Å². The van der Waals surface area contributed by atoms with Crippen molar-refractivity contribution < 1.29 is 28.9 Å². The van der Waals surface area contributed by atoms with Crippen molar-refractivity contribution in [2.24, 2.45) is 0 Å². The number of ether oxygens (including phenoxy) is 2. The molecule has 1 aromatic heterocycles. The first-order chi connectivity index (χ1) is 19.1. The average Bonchev–Trinajstić information content (AvgIpc) is 2.91. The number of aliphatic hydroxyl groups excluding tert-OH is 2. The van der Waals surface area contributed by atoms with Crippen molar-refractivity contribution in [3.8, 4) is 5.75 Å². The Labute approximate surface area is 237 Å². The predicted octanol–water partition coefficient (Wildman–Crippen LogP) is 6.51. The van der Waals surface area contributed by atoms with Crippen LogP contribution in [0.1, 0.15) is 94.1 Å². The fraction of sp³-hybridized carbons (Fsp3) is 0.515. The third kappa shape index (κ3) is 8.18. The maximum absolute atomic E-state index is 12.4. The summed E-state index contributed by atoms with van der Waals surface area (Å²) < 4.78 is 17.1. The Morgan fingerprint density at radius 3 is 2.35 bits per heavy atom. The summed E-state index contributed by atoms with van der Waals surface area (Å²) in [5.41, 5.74) is 4.59. The minimum Gasteiger partial charge on any atom is -0.487 e. The molecule has 7 heteroatoms. The molecule has 0 radical (unpaired) electrons. The lowest BCUT2D eigenvalue weighted by Gasteiger charge is -2.37. The van der Waals surface area contributed by atoms with Crippen LogP contribution < -0.4 is 10.4 Å². The largest absolute Gasteiger partial charge is 0.487 e. The van der Waals surface area contributed by atoms with Crippen LogP contribution in [0.4, 0.5) is 0 Å². The minimum atomic E-state index is -0.688. The quantitative estimate of drug-likeness (QED) is 0.166. The number of carbonyl (C=O) groups is 1. The third-order valence-electron chi connectivity index (χ3n) is 7.60. The van der Waals surface area contributed by atoms with E-state index in [1.165, 1.54) is 11.1 Å². The molecule has 2 aromatic rings. The number of hydrogen-bond donors (Lipinski definition) is 2. The average molecular weight is 553 g/mol. The summed E-state index contributed by atoms with van der Waals surface area (Å²) in [6.45, 7) is 10.1. The number of rotatable bonds is 13. The number of allylic oxidation sites excluding steroid dienone is 5. The highest BCUT2D eigenvalue weighted by atomic mass is 16.5. The monoisotopic (exact) mass is 552 g/mol. The van der Waals surface area contributed by atoms with Crippen LogP contribution in [0.3, 0.4) is 0 Å². The highest BCUT2D eigenvalue weighted by Crippen LogP contribution is 2.42. The van der Waals surface area contributed by atoms with Gasteiger partial charge in [-0.1, -0.05) is 29.4 Å². The van der Waals surface area contributed by atoms with E-state index in [1.54, 1.807) is 13.0 Å². The van der Waals surface area contributed by atoms with Crippen LogP contribution in [0.2, 0.25) is 0 Å². The Morgan fingerprint density at radius 1 is 1.05 bits per heavy atom. The summed E-state index contributed by atoms with van der Waals surface area (Å²) in [6.07, 6.45) is 13.6. The van der Waals surface area contributed by atoms with E-state index in [0.717, 1.165) is 73.6 Å². The fourth-order valence-electron chi connectivity index (χ4n) is 5.11. The van der Waals surface area contributed by atoms with Crippen molar-refractivity contribution in [2.45, 2.75) is 91.6 Å². The van der Waals surface area contributed by atoms with Crippen LogP contribution in [-0.4, -0.2) is 41.6 Å². The summed E-state index contributed by atoms with van der Waals surface area (Å²) in [5, 5.41) is 19.0. The topological polar surface area (TPSA) is 106 Å². The highest BCUT2D eigenvalue weighted by Gasteiger charge is 2.33. The maximum atomic E-state index is 12.4. The van der Waals surface area contributed by atoms with Gasteiger partial charge in [-0.25, -0.2) is 9.59 Å². The van der Waals surface area contributed by atoms with E-state index in [-0.39, 0.29) is 31.0 Å². The Hall–Kier alpha value is -3.16. The Bertz CT molecular complexity index is 1340. The smallest absolute Gasteiger partial charge is 0.351 e. The normalized spacial score (nSPS) is 17.4. The molecule has 218 valence electrons. The first kappa shape index (κ1) is 31.4. The van der Waals surface area contributed by atoms with Gasteiger partial charge in [0.15, 0.2) is 0 Å². The highest BCUT2D eigenvalue weighted by molar-refractivity contribution is 5.94. The van der Waals surface area contributed by atoms with Gasteiger partial charge in [-0.3, -0.25) is 0 Å². The molecule has 3 rings (SSSR count). The predicted molar refractivity (Wildman–Crippen MR) is 158 cm³/mol. The summed E-state index contributed by atoms with van der Waals surface area (Å²) >= 11 is 0. The van der Waals surface area contributed by atoms with Gasteiger partial charge in [0.2, 0.25) is 0 Å². The van der Waals surface area contributed by atoms with E-state index >= 15 is 0 Å². The van der Waals surface area contributed by atoms with Gasteiger partial charge >= 0.3 is 11.6 Å². The van der Waals surface area contributed by atoms with E-state index in [4.69, 9.17) is 24.1 Å². The number of fused-ring (bicyclic) bond motifs is 3. The molecule has 2 heterocycles.